The molecule has 2 aliphatic rings. The van der Waals surface area contributed by atoms with Gasteiger partial charge in [-0.2, -0.15) is 0 Å². The Morgan fingerprint density at radius 1 is 1.14 bits per heavy atom. The molecule has 150 valence electrons. The second-order valence-corrected chi connectivity index (χ2v) is 10.3. The number of piperidine rings is 1. The van der Waals surface area contributed by atoms with Crippen LogP contribution in [0, 0.1) is 31.1 Å². The van der Waals surface area contributed by atoms with E-state index < -0.39 is 10.0 Å². The van der Waals surface area contributed by atoms with Gasteiger partial charge in [-0.3, -0.25) is 4.79 Å². The predicted octanol–water partition coefficient (Wildman–Crippen LogP) is 3.85. The molecule has 1 aliphatic heterocycles. The summed E-state index contributed by atoms with van der Waals surface area (Å²) in [5.74, 6) is 6.33. The Morgan fingerprint density at radius 3 is 2.25 bits per heavy atom. The first-order valence-electron chi connectivity index (χ1n) is 9.97. The normalized spacial score (nSPS) is 19.9. The molecule has 1 aliphatic carbocycles. The summed E-state index contributed by atoms with van der Waals surface area (Å²) in [6.07, 6.45) is 4.95. The van der Waals surface area contributed by atoms with E-state index >= 15 is 0 Å². The molecule has 1 aromatic rings. The number of nitrogens with zero attached hydrogens (tertiary/aromatic N) is 1. The van der Waals surface area contributed by atoms with Gasteiger partial charge in [-0.05, 0) is 81.2 Å². The fourth-order valence-electron chi connectivity index (χ4n) is 4.59. The van der Waals surface area contributed by atoms with Crippen LogP contribution in [0.15, 0.2) is 18.2 Å². The van der Waals surface area contributed by atoms with Crippen LogP contribution in [0.1, 0.15) is 61.8 Å². The number of sulfonamides is 1. The molecule has 0 atom stereocenters. The average Bonchev–Trinajstić information content (AvgIpc) is 2.64. The number of Topliss-reactive ketones (excluding diaryl/α,β-unsaturated/α-hetero) is 1. The molecule has 0 N–H and O–H groups in total. The van der Waals surface area contributed by atoms with E-state index in [1.807, 2.05) is 32.9 Å². The van der Waals surface area contributed by atoms with Gasteiger partial charge in [-0.25, -0.2) is 12.7 Å². The summed E-state index contributed by atoms with van der Waals surface area (Å²) in [4.78, 5) is 13.1. The molecular weight excluding hydrogens is 370 g/mol. The van der Waals surface area contributed by atoms with Crippen LogP contribution in [0.4, 0.5) is 0 Å². The number of carbonyl (C=O) groups is 1. The molecule has 0 bridgehead atoms. The maximum absolute atomic E-state index is 13.1. The van der Waals surface area contributed by atoms with Crippen LogP contribution in [0.5, 0.6) is 0 Å². The number of allylic oxidation sites excluding steroid dienone is 2. The van der Waals surface area contributed by atoms with Crippen LogP contribution < -0.4 is 0 Å². The third-order valence-corrected chi connectivity index (χ3v) is 8.07. The summed E-state index contributed by atoms with van der Waals surface area (Å²) in [7, 11) is -3.14. The lowest BCUT2D eigenvalue weighted by atomic mass is 9.67. The quantitative estimate of drug-likeness (QED) is 0.726. The van der Waals surface area contributed by atoms with E-state index in [1.54, 1.807) is 11.2 Å². The van der Waals surface area contributed by atoms with Crippen LogP contribution in [-0.4, -0.2) is 37.3 Å². The van der Waals surface area contributed by atoms with Gasteiger partial charge in [0.2, 0.25) is 10.0 Å². The lowest BCUT2D eigenvalue weighted by Crippen LogP contribution is -2.45. The average molecular weight is 400 g/mol. The molecule has 0 radical (unpaired) electrons. The van der Waals surface area contributed by atoms with Crippen molar-refractivity contribution in [1.29, 1.82) is 0 Å². The Labute approximate surface area is 169 Å². The van der Waals surface area contributed by atoms with Crippen molar-refractivity contribution < 1.29 is 13.2 Å². The highest BCUT2D eigenvalue weighted by molar-refractivity contribution is 7.89. The standard InChI is InChI=1S/C23H29NO3S/c1-5-7-19-14-17(3)22(18(4)15-19)20-8-9-23(16-21(20)25)10-12-24(13-11-23)28(26,27)6-2/h8,14-15H,6,9-13,16H2,1-4H3. The highest BCUT2D eigenvalue weighted by Gasteiger charge is 2.41. The molecule has 3 rings (SSSR count). The van der Waals surface area contributed by atoms with Gasteiger partial charge in [0.15, 0.2) is 5.78 Å². The van der Waals surface area contributed by atoms with Crippen LogP contribution in [0.3, 0.4) is 0 Å². The van der Waals surface area contributed by atoms with Crippen molar-refractivity contribution in [3.8, 4) is 11.8 Å². The Kier molecular flexibility index (Phi) is 5.84. The first-order chi connectivity index (χ1) is 13.2. The summed E-state index contributed by atoms with van der Waals surface area (Å²) in [5, 5.41) is 0. The van der Waals surface area contributed by atoms with Crippen LogP contribution >= 0.6 is 0 Å². The molecule has 1 aromatic carbocycles. The van der Waals surface area contributed by atoms with E-state index in [-0.39, 0.29) is 17.0 Å². The van der Waals surface area contributed by atoms with Crippen molar-refractivity contribution in [2.75, 3.05) is 18.8 Å². The van der Waals surface area contributed by atoms with Gasteiger partial charge in [-0.1, -0.05) is 12.0 Å². The zero-order valence-corrected chi connectivity index (χ0v) is 18.1. The van der Waals surface area contributed by atoms with Gasteiger partial charge in [0.05, 0.1) is 5.75 Å². The second-order valence-electron chi connectivity index (χ2n) is 8.08. The van der Waals surface area contributed by atoms with Crippen LogP contribution in [-0.2, 0) is 14.8 Å². The molecule has 4 nitrogen and oxygen atoms in total. The number of aryl methyl sites for hydroxylation is 2. The summed E-state index contributed by atoms with van der Waals surface area (Å²) in [5.41, 5.74) is 4.91. The number of benzene rings is 1. The molecular formula is C23H29NO3S. The number of hydrogen-bond acceptors (Lipinski definition) is 3. The SMILES string of the molecule is CC#Cc1cc(C)c(C2=CCC3(CCN(S(=O)(=O)CC)CC3)CC2=O)c(C)c1. The first kappa shape index (κ1) is 20.8. The molecule has 1 saturated heterocycles. The second kappa shape index (κ2) is 7.85. The van der Waals surface area contributed by atoms with E-state index in [2.05, 4.69) is 17.9 Å². The topological polar surface area (TPSA) is 54.5 Å². The highest BCUT2D eigenvalue weighted by atomic mass is 32.2. The minimum Gasteiger partial charge on any atom is -0.294 e. The Balaban J connectivity index is 1.83. The molecule has 1 spiro atoms. The van der Waals surface area contributed by atoms with Crippen molar-refractivity contribution in [3.05, 3.63) is 40.5 Å². The van der Waals surface area contributed by atoms with E-state index in [0.29, 0.717) is 19.5 Å². The lowest BCUT2D eigenvalue weighted by molar-refractivity contribution is -0.117. The zero-order valence-electron chi connectivity index (χ0n) is 17.3. The van der Waals surface area contributed by atoms with Crippen molar-refractivity contribution >= 4 is 21.4 Å². The molecule has 0 saturated carbocycles. The highest BCUT2D eigenvalue weighted by Crippen LogP contribution is 2.45. The lowest BCUT2D eigenvalue weighted by Gasteiger charge is -2.42. The summed E-state index contributed by atoms with van der Waals surface area (Å²) in [6, 6.07) is 4.09. The Morgan fingerprint density at radius 2 is 1.75 bits per heavy atom. The van der Waals surface area contributed by atoms with Crippen LogP contribution in [0.2, 0.25) is 0 Å². The van der Waals surface area contributed by atoms with E-state index in [1.165, 1.54) is 0 Å². The number of ketones is 1. The number of rotatable bonds is 3. The minimum atomic E-state index is -3.14. The largest absolute Gasteiger partial charge is 0.294 e. The Bertz CT molecular complexity index is 961. The van der Waals surface area contributed by atoms with Gasteiger partial charge in [0.1, 0.15) is 0 Å². The third kappa shape index (κ3) is 3.94. The maximum Gasteiger partial charge on any atom is 0.213 e. The summed E-state index contributed by atoms with van der Waals surface area (Å²) < 4.78 is 25.8. The molecule has 28 heavy (non-hydrogen) atoms. The van der Waals surface area contributed by atoms with Crippen LogP contribution in [0.25, 0.3) is 5.57 Å². The van der Waals surface area contributed by atoms with Gasteiger partial charge < -0.3 is 0 Å². The number of carbonyl (C=O) groups excluding carboxylic acids is 1. The first-order valence-corrected chi connectivity index (χ1v) is 11.6. The van der Waals surface area contributed by atoms with Crippen molar-refractivity contribution in [2.24, 2.45) is 5.41 Å². The van der Waals surface area contributed by atoms with Gasteiger partial charge in [0, 0.05) is 30.6 Å². The smallest absolute Gasteiger partial charge is 0.213 e. The van der Waals surface area contributed by atoms with Gasteiger partial charge in [0.25, 0.3) is 0 Å². The molecule has 5 heteroatoms. The number of hydrogen-bond donors (Lipinski definition) is 0. The van der Waals surface area contributed by atoms with E-state index in [4.69, 9.17) is 0 Å². The zero-order chi connectivity index (χ0) is 20.5. The fourth-order valence-corrected chi connectivity index (χ4v) is 5.69. The molecule has 0 unspecified atom stereocenters. The van der Waals surface area contributed by atoms with Gasteiger partial charge in [-0.15, -0.1) is 5.92 Å². The minimum absolute atomic E-state index is 0.0875. The maximum atomic E-state index is 13.1. The fraction of sp³-hybridized carbons (Fsp3) is 0.522. The van der Waals surface area contributed by atoms with E-state index in [0.717, 1.165) is 47.1 Å². The third-order valence-electron chi connectivity index (χ3n) is 6.19. The van der Waals surface area contributed by atoms with E-state index in [9.17, 15) is 13.2 Å². The summed E-state index contributed by atoms with van der Waals surface area (Å²) in [6.45, 7) is 8.62. The molecule has 0 amide bonds. The van der Waals surface area contributed by atoms with Crippen molar-refractivity contribution in [2.45, 2.75) is 53.4 Å². The van der Waals surface area contributed by atoms with Crippen molar-refractivity contribution in [1.82, 2.24) is 4.31 Å². The Hall–Kier alpha value is -1.90. The molecule has 1 fully saturated rings. The predicted molar refractivity (Wildman–Crippen MR) is 113 cm³/mol. The molecule has 0 aromatic heterocycles. The van der Waals surface area contributed by atoms with Gasteiger partial charge >= 0.3 is 0 Å². The summed E-state index contributed by atoms with van der Waals surface area (Å²) >= 11 is 0. The van der Waals surface area contributed by atoms with Crippen molar-refractivity contribution in [3.63, 3.8) is 0 Å². The monoisotopic (exact) mass is 399 g/mol. The molecule has 1 heterocycles.